The van der Waals surface area contributed by atoms with Crippen molar-refractivity contribution in [1.82, 2.24) is 4.90 Å². The molecule has 0 saturated carbocycles. The molecule has 142 valence electrons. The highest BCUT2D eigenvalue weighted by atomic mass is 32.2. The van der Waals surface area contributed by atoms with E-state index in [1.165, 1.54) is 20.8 Å². The number of ether oxygens (including phenoxy) is 3. The average molecular weight is 377 g/mol. The third-order valence-electron chi connectivity index (χ3n) is 4.46. The zero-order valence-electron chi connectivity index (χ0n) is 14.7. The molecule has 0 aromatic heterocycles. The number of rotatable bonds is 6. The molecular weight excluding hydrogens is 354 g/mol. The molecule has 9 nitrogen and oxygen atoms in total. The second-order valence-corrected chi connectivity index (χ2v) is 9.27. The van der Waals surface area contributed by atoms with Gasteiger partial charge >= 0.3 is 12.1 Å². The third-order valence-corrected chi connectivity index (χ3v) is 7.26. The molecule has 0 spiro atoms. The summed E-state index contributed by atoms with van der Waals surface area (Å²) >= 11 is 0. The molecule has 25 heavy (non-hydrogen) atoms. The largest absolute Gasteiger partial charge is 0.511 e. The van der Waals surface area contributed by atoms with Crippen molar-refractivity contribution >= 4 is 27.9 Å². The van der Waals surface area contributed by atoms with Gasteiger partial charge in [0.05, 0.1) is 17.8 Å². The van der Waals surface area contributed by atoms with E-state index in [1.54, 1.807) is 0 Å². The van der Waals surface area contributed by atoms with E-state index >= 15 is 0 Å². The summed E-state index contributed by atoms with van der Waals surface area (Å²) in [6, 6.07) is -1.27. The van der Waals surface area contributed by atoms with E-state index in [4.69, 9.17) is 14.2 Å². The minimum absolute atomic E-state index is 0.134. The molecule has 0 bridgehead atoms. The molecule has 2 aliphatic rings. The minimum Gasteiger partial charge on any atom is -0.434 e. The van der Waals surface area contributed by atoms with Gasteiger partial charge in [-0.25, -0.2) is 18.0 Å². The summed E-state index contributed by atoms with van der Waals surface area (Å²) in [5.41, 5.74) is 0. The van der Waals surface area contributed by atoms with Crippen molar-refractivity contribution in [3.63, 3.8) is 0 Å². The van der Waals surface area contributed by atoms with Gasteiger partial charge in [0.15, 0.2) is 9.84 Å². The number of esters is 1. The lowest BCUT2D eigenvalue weighted by Crippen LogP contribution is -2.57. The Morgan fingerprint density at radius 2 is 1.96 bits per heavy atom. The van der Waals surface area contributed by atoms with Gasteiger partial charge in [-0.1, -0.05) is 13.3 Å². The fourth-order valence-corrected chi connectivity index (χ4v) is 5.05. The van der Waals surface area contributed by atoms with Gasteiger partial charge in [0.2, 0.25) is 12.2 Å². The normalized spacial score (nSPS) is 27.0. The van der Waals surface area contributed by atoms with Crippen molar-refractivity contribution in [1.29, 1.82) is 0 Å². The van der Waals surface area contributed by atoms with Crippen LogP contribution in [0, 0.1) is 0 Å². The van der Waals surface area contributed by atoms with Crippen LogP contribution in [0.1, 0.15) is 47.0 Å². The molecule has 0 aromatic carbocycles. The summed E-state index contributed by atoms with van der Waals surface area (Å²) in [5.74, 6) is -1.35. The lowest BCUT2D eigenvalue weighted by atomic mass is 9.98. The second kappa shape index (κ2) is 6.81. The molecule has 2 fully saturated rings. The quantitative estimate of drug-likeness (QED) is 0.291. The Kier molecular flexibility index (Phi) is 5.31. The molecule has 0 aromatic rings. The smallest absolute Gasteiger partial charge is 0.434 e. The van der Waals surface area contributed by atoms with Crippen LogP contribution >= 0.6 is 0 Å². The number of unbranched alkanes of at least 4 members (excludes halogenated alkanes) is 1. The van der Waals surface area contributed by atoms with E-state index in [0.29, 0.717) is 6.42 Å². The van der Waals surface area contributed by atoms with Crippen LogP contribution in [0.3, 0.4) is 0 Å². The molecule has 2 heterocycles. The lowest BCUT2D eigenvalue weighted by Gasteiger charge is -2.36. The second-order valence-electron chi connectivity index (χ2n) is 6.59. The average Bonchev–Trinajstić information content (AvgIpc) is 2.61. The third kappa shape index (κ3) is 3.31. The molecular formula is C15H23NO8S. The molecule has 10 heteroatoms. The van der Waals surface area contributed by atoms with Crippen LogP contribution in [0.4, 0.5) is 4.79 Å². The number of nitrogens with zero attached hydrogens (tertiary/aromatic N) is 1. The van der Waals surface area contributed by atoms with Crippen molar-refractivity contribution in [2.24, 2.45) is 0 Å². The molecule has 0 N–H and O–H groups in total. The zero-order chi connectivity index (χ0) is 19.0. The molecule has 2 rings (SSSR count). The number of hydrogen-bond donors (Lipinski definition) is 0. The Balaban J connectivity index is 2.00. The summed E-state index contributed by atoms with van der Waals surface area (Å²) in [6.07, 6.45) is -0.865. The summed E-state index contributed by atoms with van der Waals surface area (Å²) in [4.78, 5) is 36.7. The van der Waals surface area contributed by atoms with E-state index in [9.17, 15) is 22.8 Å². The standard InChI is InChI=1S/C15H23NO8S/c1-5-6-7-22-14(19)24-9(2)23-13(18)12-15(3,4)25(20,21)11-8-10(17)16(11)12/h9,11-12H,5-8H2,1-4H3/t9?,11-,12+/m1/s1. The Morgan fingerprint density at radius 3 is 2.52 bits per heavy atom. The van der Waals surface area contributed by atoms with E-state index in [-0.39, 0.29) is 13.0 Å². The van der Waals surface area contributed by atoms with Crippen molar-refractivity contribution in [2.45, 2.75) is 69.4 Å². The van der Waals surface area contributed by atoms with Crippen LogP contribution in [0.5, 0.6) is 0 Å². The van der Waals surface area contributed by atoms with Crippen LogP contribution in [0.25, 0.3) is 0 Å². The number of carbonyl (C=O) groups excluding carboxylic acids is 3. The number of β-lactam (4-membered cyclic amide) rings is 1. The summed E-state index contributed by atoms with van der Waals surface area (Å²) in [6.45, 7) is 6.19. The predicted molar refractivity (Wildman–Crippen MR) is 84.9 cm³/mol. The monoisotopic (exact) mass is 377 g/mol. The van der Waals surface area contributed by atoms with Crippen LogP contribution in [-0.2, 0) is 33.6 Å². The van der Waals surface area contributed by atoms with Crippen molar-refractivity contribution in [3.8, 4) is 0 Å². The van der Waals surface area contributed by atoms with Gasteiger partial charge in [-0.2, -0.15) is 0 Å². The van der Waals surface area contributed by atoms with Crippen molar-refractivity contribution < 1.29 is 37.0 Å². The fourth-order valence-electron chi connectivity index (χ4n) is 2.93. The first-order valence-electron chi connectivity index (χ1n) is 8.12. The molecule has 1 unspecified atom stereocenters. The van der Waals surface area contributed by atoms with Crippen LogP contribution in [-0.4, -0.2) is 60.4 Å². The first-order valence-corrected chi connectivity index (χ1v) is 9.67. The first-order chi connectivity index (χ1) is 11.5. The highest BCUT2D eigenvalue weighted by molar-refractivity contribution is 7.93. The predicted octanol–water partition coefficient (Wildman–Crippen LogP) is 0.963. The van der Waals surface area contributed by atoms with Crippen molar-refractivity contribution in [3.05, 3.63) is 0 Å². The van der Waals surface area contributed by atoms with Crippen LogP contribution in [0.2, 0.25) is 0 Å². The SMILES string of the molecule is CCCCOC(=O)OC(C)OC(=O)[C@@H]1N2C(=O)C[C@H]2S(=O)(=O)C1(C)C. The van der Waals surface area contributed by atoms with Gasteiger partial charge in [0, 0.05) is 6.92 Å². The van der Waals surface area contributed by atoms with Crippen LogP contribution in [0.15, 0.2) is 0 Å². The van der Waals surface area contributed by atoms with E-state index in [1.807, 2.05) is 6.92 Å². The Hall–Kier alpha value is -1.84. The number of fused-ring (bicyclic) bond motifs is 1. The zero-order valence-corrected chi connectivity index (χ0v) is 15.5. The molecule has 0 radical (unpaired) electrons. The van der Waals surface area contributed by atoms with Gasteiger partial charge in [-0.3, -0.25) is 4.79 Å². The topological polar surface area (TPSA) is 116 Å². The number of hydrogen-bond acceptors (Lipinski definition) is 8. The lowest BCUT2D eigenvalue weighted by molar-refractivity contribution is -0.179. The number of amides is 1. The molecule has 2 aliphatic heterocycles. The Bertz CT molecular complexity index is 671. The molecule has 2 saturated heterocycles. The molecule has 0 aliphatic carbocycles. The molecule has 1 amide bonds. The summed E-state index contributed by atoms with van der Waals surface area (Å²) in [5, 5.41) is -0.997. The maximum absolute atomic E-state index is 12.4. The fraction of sp³-hybridized carbons (Fsp3) is 0.800. The highest BCUT2D eigenvalue weighted by Crippen LogP contribution is 2.46. The minimum atomic E-state index is -3.69. The van der Waals surface area contributed by atoms with Gasteiger partial charge in [-0.15, -0.1) is 0 Å². The maximum Gasteiger partial charge on any atom is 0.511 e. The van der Waals surface area contributed by atoms with E-state index < -0.39 is 50.3 Å². The summed E-state index contributed by atoms with van der Waals surface area (Å²) in [7, 11) is -3.69. The van der Waals surface area contributed by atoms with Gasteiger partial charge in [0.1, 0.15) is 11.4 Å². The molecule has 3 atom stereocenters. The van der Waals surface area contributed by atoms with Gasteiger partial charge in [0.25, 0.3) is 0 Å². The Morgan fingerprint density at radius 1 is 1.32 bits per heavy atom. The number of sulfone groups is 1. The van der Waals surface area contributed by atoms with E-state index in [2.05, 4.69) is 0 Å². The van der Waals surface area contributed by atoms with Gasteiger partial charge in [-0.05, 0) is 20.3 Å². The van der Waals surface area contributed by atoms with Gasteiger partial charge < -0.3 is 19.1 Å². The highest BCUT2D eigenvalue weighted by Gasteiger charge is 2.68. The number of carbonyl (C=O) groups is 3. The van der Waals surface area contributed by atoms with Crippen molar-refractivity contribution in [2.75, 3.05) is 6.61 Å². The Labute approximate surface area is 146 Å². The summed E-state index contributed by atoms with van der Waals surface area (Å²) < 4.78 is 38.0. The maximum atomic E-state index is 12.4. The van der Waals surface area contributed by atoms with Crippen LogP contribution < -0.4 is 0 Å². The first kappa shape index (κ1) is 19.5. The van der Waals surface area contributed by atoms with E-state index in [0.717, 1.165) is 11.3 Å².